The predicted octanol–water partition coefficient (Wildman–Crippen LogP) is 5.00. The van der Waals surface area contributed by atoms with Gasteiger partial charge >= 0.3 is 6.61 Å². The summed E-state index contributed by atoms with van der Waals surface area (Å²) in [4.78, 5) is 17.5. The Morgan fingerprint density at radius 2 is 1.86 bits per heavy atom. The number of rotatable bonds is 7. The number of aromatic hydroxyl groups is 1. The van der Waals surface area contributed by atoms with Gasteiger partial charge in [-0.2, -0.15) is 8.78 Å². The van der Waals surface area contributed by atoms with Gasteiger partial charge in [-0.25, -0.2) is 4.98 Å². The van der Waals surface area contributed by atoms with Crippen molar-refractivity contribution in [3.05, 3.63) is 59.0 Å². The minimum atomic E-state index is -2.87. The number of aryl methyl sites for hydroxylation is 2. The molecule has 3 aromatic rings. The van der Waals surface area contributed by atoms with E-state index in [0.717, 1.165) is 16.0 Å². The molecule has 0 saturated carbocycles. The van der Waals surface area contributed by atoms with E-state index in [1.54, 1.807) is 36.4 Å². The van der Waals surface area contributed by atoms with Gasteiger partial charge in [-0.05, 0) is 55.3 Å². The molecule has 28 heavy (non-hydrogen) atoms. The number of halogens is 2. The van der Waals surface area contributed by atoms with E-state index < -0.39 is 6.61 Å². The van der Waals surface area contributed by atoms with Gasteiger partial charge in [0, 0.05) is 16.9 Å². The fourth-order valence-electron chi connectivity index (χ4n) is 2.61. The van der Waals surface area contributed by atoms with E-state index in [9.17, 15) is 18.7 Å². The number of phenols is 1. The van der Waals surface area contributed by atoms with Crippen LogP contribution in [-0.2, 0) is 11.2 Å². The average molecular weight is 404 g/mol. The fourth-order valence-corrected chi connectivity index (χ4v) is 3.47. The number of thiazole rings is 1. The molecule has 0 aliphatic heterocycles. The van der Waals surface area contributed by atoms with Crippen LogP contribution in [0, 0.1) is 6.92 Å². The molecule has 0 radical (unpaired) electrons. The Morgan fingerprint density at radius 3 is 2.50 bits per heavy atom. The molecule has 2 N–H and O–H groups in total. The van der Waals surface area contributed by atoms with Crippen molar-refractivity contribution in [2.45, 2.75) is 26.4 Å². The summed E-state index contributed by atoms with van der Waals surface area (Å²) in [5.74, 6) is 0.108. The first-order chi connectivity index (χ1) is 13.4. The lowest BCUT2D eigenvalue weighted by molar-refractivity contribution is -0.116. The van der Waals surface area contributed by atoms with Gasteiger partial charge in [0.1, 0.15) is 11.5 Å². The summed E-state index contributed by atoms with van der Waals surface area (Å²) in [6, 6.07) is 12.9. The maximum atomic E-state index is 12.2. The molecule has 146 valence electrons. The number of nitrogens with one attached hydrogen (secondary N) is 1. The number of alkyl halides is 2. The number of nitrogens with zero attached hydrogens (tertiary/aromatic N) is 1. The van der Waals surface area contributed by atoms with Gasteiger partial charge in [-0.1, -0.05) is 12.1 Å². The molecular weight excluding hydrogens is 386 g/mol. The Balaban J connectivity index is 1.61. The van der Waals surface area contributed by atoms with Crippen LogP contribution in [0.25, 0.3) is 11.3 Å². The summed E-state index contributed by atoms with van der Waals surface area (Å²) in [6.45, 7) is -0.988. The zero-order valence-electron chi connectivity index (χ0n) is 15.0. The molecule has 8 heteroatoms. The Morgan fingerprint density at radius 1 is 1.18 bits per heavy atom. The Kier molecular flexibility index (Phi) is 6.20. The lowest BCUT2D eigenvalue weighted by atomic mass is 10.1. The number of amides is 1. The summed E-state index contributed by atoms with van der Waals surface area (Å²) >= 11 is 1.35. The van der Waals surface area contributed by atoms with Crippen LogP contribution in [0.5, 0.6) is 11.5 Å². The Labute approximate surface area is 164 Å². The molecule has 0 bridgehead atoms. The number of anilines is 1. The molecule has 0 aliphatic carbocycles. The van der Waals surface area contributed by atoms with Gasteiger partial charge in [-0.3, -0.25) is 4.79 Å². The maximum absolute atomic E-state index is 12.2. The smallest absolute Gasteiger partial charge is 0.387 e. The number of ether oxygens (including phenoxy) is 1. The number of phenolic OH excluding ortho intramolecular Hbond substituents is 1. The standard InChI is InChI=1S/C20H18F2N2O3S/c1-12-18(14-5-9-16(10-6-14)27-19(21)22)24-20(28-12)23-17(26)11-4-13-2-7-15(25)8-3-13/h2-3,5-10,19,25H,4,11H2,1H3,(H,23,24,26). The van der Waals surface area contributed by atoms with E-state index in [4.69, 9.17) is 0 Å². The van der Waals surface area contributed by atoms with Crippen LogP contribution in [-0.4, -0.2) is 22.6 Å². The van der Waals surface area contributed by atoms with E-state index >= 15 is 0 Å². The van der Waals surface area contributed by atoms with Crippen LogP contribution in [0.3, 0.4) is 0 Å². The van der Waals surface area contributed by atoms with Crippen LogP contribution in [0.1, 0.15) is 16.9 Å². The molecular formula is C20H18F2N2O3S. The summed E-state index contributed by atoms with van der Waals surface area (Å²) in [5.41, 5.74) is 2.39. The molecule has 3 rings (SSSR count). The highest BCUT2D eigenvalue weighted by Crippen LogP contribution is 2.31. The van der Waals surface area contributed by atoms with Gasteiger partial charge in [0.05, 0.1) is 5.69 Å². The van der Waals surface area contributed by atoms with Crippen molar-refractivity contribution in [3.63, 3.8) is 0 Å². The van der Waals surface area contributed by atoms with Gasteiger partial charge in [-0.15, -0.1) is 11.3 Å². The number of hydrogen-bond donors (Lipinski definition) is 2. The largest absolute Gasteiger partial charge is 0.508 e. The van der Waals surface area contributed by atoms with Gasteiger partial charge in [0.25, 0.3) is 0 Å². The average Bonchev–Trinajstić information content (AvgIpc) is 3.01. The third-order valence-electron chi connectivity index (χ3n) is 3.97. The molecule has 0 saturated heterocycles. The monoisotopic (exact) mass is 404 g/mol. The first-order valence-electron chi connectivity index (χ1n) is 8.51. The second kappa shape index (κ2) is 8.79. The highest BCUT2D eigenvalue weighted by molar-refractivity contribution is 7.16. The Hall–Kier alpha value is -3.00. The summed E-state index contributed by atoms with van der Waals surface area (Å²) in [7, 11) is 0. The van der Waals surface area contributed by atoms with Gasteiger partial charge < -0.3 is 15.2 Å². The summed E-state index contributed by atoms with van der Waals surface area (Å²) < 4.78 is 28.8. The van der Waals surface area contributed by atoms with Crippen LogP contribution >= 0.6 is 11.3 Å². The molecule has 1 amide bonds. The minimum Gasteiger partial charge on any atom is -0.508 e. The molecule has 1 aromatic heterocycles. The molecule has 5 nitrogen and oxygen atoms in total. The van der Waals surface area contributed by atoms with Crippen molar-refractivity contribution in [3.8, 4) is 22.8 Å². The first-order valence-corrected chi connectivity index (χ1v) is 9.33. The van der Waals surface area contributed by atoms with Crippen molar-refractivity contribution >= 4 is 22.4 Å². The van der Waals surface area contributed by atoms with Crippen LogP contribution in [0.2, 0.25) is 0 Å². The third-order valence-corrected chi connectivity index (χ3v) is 4.86. The second-order valence-electron chi connectivity index (χ2n) is 6.04. The minimum absolute atomic E-state index is 0.0781. The van der Waals surface area contributed by atoms with E-state index in [1.165, 1.54) is 23.5 Å². The molecule has 0 aliphatic rings. The molecule has 1 heterocycles. The van der Waals surface area contributed by atoms with E-state index in [1.807, 2.05) is 6.92 Å². The number of hydrogen-bond acceptors (Lipinski definition) is 5. The van der Waals surface area contributed by atoms with E-state index in [-0.39, 0.29) is 17.4 Å². The predicted molar refractivity (Wildman–Crippen MR) is 104 cm³/mol. The zero-order valence-corrected chi connectivity index (χ0v) is 15.8. The molecule has 0 spiro atoms. The highest BCUT2D eigenvalue weighted by atomic mass is 32.1. The molecule has 0 fully saturated rings. The Bertz CT molecular complexity index is 941. The fraction of sp³-hybridized carbons (Fsp3) is 0.200. The second-order valence-corrected chi connectivity index (χ2v) is 7.24. The first kappa shape index (κ1) is 19.8. The van der Waals surface area contributed by atoms with E-state index in [0.29, 0.717) is 23.7 Å². The van der Waals surface area contributed by atoms with E-state index in [2.05, 4.69) is 15.0 Å². The van der Waals surface area contributed by atoms with Crippen LogP contribution in [0.4, 0.5) is 13.9 Å². The van der Waals surface area contributed by atoms with Gasteiger partial charge in [0.15, 0.2) is 5.13 Å². The lowest BCUT2D eigenvalue weighted by Gasteiger charge is -2.05. The van der Waals surface area contributed by atoms with Crippen molar-refractivity contribution in [2.75, 3.05) is 5.32 Å². The summed E-state index contributed by atoms with van der Waals surface area (Å²) in [5, 5.41) is 12.5. The van der Waals surface area contributed by atoms with Crippen molar-refractivity contribution in [1.29, 1.82) is 0 Å². The molecule has 0 unspecified atom stereocenters. The number of carbonyl (C=O) groups is 1. The quantitative estimate of drug-likeness (QED) is 0.582. The van der Waals surface area contributed by atoms with Crippen LogP contribution in [0.15, 0.2) is 48.5 Å². The third kappa shape index (κ3) is 5.26. The van der Waals surface area contributed by atoms with Crippen molar-refractivity contribution in [1.82, 2.24) is 4.98 Å². The molecule has 2 aromatic carbocycles. The lowest BCUT2D eigenvalue weighted by Crippen LogP contribution is -2.12. The number of aromatic nitrogens is 1. The normalized spacial score (nSPS) is 10.9. The number of carbonyl (C=O) groups excluding carboxylic acids is 1. The van der Waals surface area contributed by atoms with Gasteiger partial charge in [0.2, 0.25) is 5.91 Å². The van der Waals surface area contributed by atoms with Crippen molar-refractivity contribution < 1.29 is 23.4 Å². The summed E-state index contributed by atoms with van der Waals surface area (Å²) in [6.07, 6.45) is 0.841. The molecule has 0 atom stereocenters. The topological polar surface area (TPSA) is 71.5 Å². The number of benzene rings is 2. The maximum Gasteiger partial charge on any atom is 0.387 e. The van der Waals surface area contributed by atoms with Crippen molar-refractivity contribution in [2.24, 2.45) is 0 Å². The highest BCUT2D eigenvalue weighted by Gasteiger charge is 2.13. The van der Waals surface area contributed by atoms with Crippen LogP contribution < -0.4 is 10.1 Å². The zero-order chi connectivity index (χ0) is 20.1. The SMILES string of the molecule is Cc1sc(NC(=O)CCc2ccc(O)cc2)nc1-c1ccc(OC(F)F)cc1.